The molecule has 17 nitrogen and oxygen atoms in total. The highest BCUT2D eigenvalue weighted by Gasteiger charge is 2.30. The van der Waals surface area contributed by atoms with Crippen molar-refractivity contribution in [3.63, 3.8) is 0 Å². The first-order chi connectivity index (χ1) is 46.7. The maximum atomic E-state index is 13.1. The Labute approximate surface area is 582 Å². The number of ether oxygens (including phenoxy) is 4. The van der Waals surface area contributed by atoms with E-state index in [0.29, 0.717) is 32.1 Å². The lowest BCUT2D eigenvalue weighted by molar-refractivity contribution is -0.161. The zero-order valence-electron chi connectivity index (χ0n) is 60.3. The molecule has 0 aliphatic heterocycles. The van der Waals surface area contributed by atoms with Crippen LogP contribution in [-0.2, 0) is 65.4 Å². The fraction of sp³-hybridized carbons (Fsp3) is 0.740. The van der Waals surface area contributed by atoms with Gasteiger partial charge in [0, 0.05) is 25.7 Å². The topological polar surface area (TPSA) is 237 Å². The quantitative estimate of drug-likeness (QED) is 0.0169. The van der Waals surface area contributed by atoms with Crippen molar-refractivity contribution < 1.29 is 80.2 Å². The average molecular weight is 1390 g/mol. The second-order valence-corrected chi connectivity index (χ2v) is 27.8. The van der Waals surface area contributed by atoms with E-state index >= 15 is 0 Å². The number of aliphatic hydroxyl groups is 1. The number of hydrogen-bond donors (Lipinski definition) is 3. The second-order valence-electron chi connectivity index (χ2n) is 24.9. The van der Waals surface area contributed by atoms with Crippen molar-refractivity contribution >= 4 is 39.5 Å². The third kappa shape index (κ3) is 68.5. The molecule has 0 spiro atoms. The average Bonchev–Trinajstić information content (AvgIpc) is 1.41. The number of hydrogen-bond acceptors (Lipinski definition) is 15. The molecule has 0 radical (unpaired) electrons. The van der Waals surface area contributed by atoms with Gasteiger partial charge in [-0.15, -0.1) is 0 Å². The van der Waals surface area contributed by atoms with E-state index in [1.54, 1.807) is 0 Å². The number of unbranched alkanes of at least 4 members (excludes halogenated alkanes) is 28. The molecule has 0 aromatic heterocycles. The smallest absolute Gasteiger partial charge is 0.462 e. The molecule has 0 fully saturated rings. The molecule has 0 heterocycles. The van der Waals surface area contributed by atoms with Gasteiger partial charge in [-0.2, -0.15) is 0 Å². The van der Waals surface area contributed by atoms with Crippen LogP contribution < -0.4 is 0 Å². The first-order valence-corrected chi connectivity index (χ1v) is 40.5. The van der Waals surface area contributed by atoms with Crippen molar-refractivity contribution in [1.82, 2.24) is 0 Å². The molecule has 0 saturated carbocycles. The Morgan fingerprint density at radius 3 is 0.927 bits per heavy atom. The van der Waals surface area contributed by atoms with E-state index in [9.17, 15) is 43.2 Å². The Balaban J connectivity index is 5.37. The van der Waals surface area contributed by atoms with Crippen LogP contribution in [0.2, 0.25) is 0 Å². The van der Waals surface area contributed by atoms with Gasteiger partial charge < -0.3 is 33.8 Å². The van der Waals surface area contributed by atoms with E-state index in [0.717, 1.165) is 135 Å². The molecule has 5 unspecified atom stereocenters. The van der Waals surface area contributed by atoms with E-state index in [4.69, 9.17) is 37.0 Å². The van der Waals surface area contributed by atoms with Crippen LogP contribution in [0.4, 0.5) is 0 Å². The maximum Gasteiger partial charge on any atom is 0.472 e. The molecule has 3 N–H and O–H groups in total. The van der Waals surface area contributed by atoms with Gasteiger partial charge in [-0.25, -0.2) is 9.13 Å². The highest BCUT2D eigenvalue weighted by Crippen LogP contribution is 2.45. The summed E-state index contributed by atoms with van der Waals surface area (Å²) >= 11 is 0. The van der Waals surface area contributed by atoms with Crippen LogP contribution in [0.25, 0.3) is 0 Å². The molecule has 0 aromatic carbocycles. The molecule has 0 amide bonds. The molecule has 0 aliphatic rings. The number of phosphoric acid groups is 2. The van der Waals surface area contributed by atoms with E-state index in [1.807, 2.05) is 18.2 Å². The van der Waals surface area contributed by atoms with E-state index in [1.165, 1.54) is 89.9 Å². The van der Waals surface area contributed by atoms with Gasteiger partial charge in [0.15, 0.2) is 12.2 Å². The predicted molar refractivity (Wildman–Crippen MR) is 390 cm³/mol. The van der Waals surface area contributed by atoms with Crippen molar-refractivity contribution in [2.24, 2.45) is 0 Å². The zero-order chi connectivity index (χ0) is 70.4. The molecule has 0 aliphatic carbocycles. The Hall–Kier alpha value is -4.02. The number of phosphoric ester groups is 2. The number of carbonyl (C=O) groups is 4. The summed E-state index contributed by atoms with van der Waals surface area (Å²) in [6, 6.07) is 0. The van der Waals surface area contributed by atoms with Gasteiger partial charge in [-0.3, -0.25) is 37.3 Å². The van der Waals surface area contributed by atoms with Gasteiger partial charge in [0.1, 0.15) is 19.3 Å². The summed E-state index contributed by atoms with van der Waals surface area (Å²) in [6.07, 6.45) is 71.4. The van der Waals surface area contributed by atoms with Crippen LogP contribution in [0.1, 0.15) is 310 Å². The minimum atomic E-state index is -4.99. The van der Waals surface area contributed by atoms with Crippen molar-refractivity contribution in [3.8, 4) is 0 Å². The number of rotatable bonds is 70. The van der Waals surface area contributed by atoms with E-state index in [-0.39, 0.29) is 25.7 Å². The summed E-state index contributed by atoms with van der Waals surface area (Å²) in [5.41, 5.74) is 0. The Morgan fingerprint density at radius 1 is 0.302 bits per heavy atom. The third-order valence-electron chi connectivity index (χ3n) is 15.5. The highest BCUT2D eigenvalue weighted by atomic mass is 31.2. The van der Waals surface area contributed by atoms with Crippen LogP contribution in [0.5, 0.6) is 0 Å². The minimum Gasteiger partial charge on any atom is -0.462 e. The van der Waals surface area contributed by atoms with Gasteiger partial charge >= 0.3 is 39.5 Å². The molecule has 0 saturated heterocycles. The molecule has 554 valence electrons. The van der Waals surface area contributed by atoms with Crippen LogP contribution in [0.3, 0.4) is 0 Å². The summed E-state index contributed by atoms with van der Waals surface area (Å²) in [5.74, 6) is -2.28. The summed E-state index contributed by atoms with van der Waals surface area (Å²) in [6.45, 7) is 4.59. The number of aliphatic hydroxyl groups excluding tert-OH is 1. The van der Waals surface area contributed by atoms with E-state index in [2.05, 4.69) is 107 Å². The van der Waals surface area contributed by atoms with Gasteiger partial charge in [0.05, 0.1) is 26.4 Å². The molecule has 96 heavy (non-hydrogen) atoms. The SMILES string of the molecule is CC/C=C\C/C=C\C/C=C\C/C=C\C/C=C\C/C=C\CCC(=O)OCC(COP(=O)(O)OCC(O)COP(=O)(O)OCC(COC(=O)CCCCCCC/C=C\CCCC)OC(=O)CCCCCCC/C=C\CCCC)OC(=O)CCCCCCCCCCCCCCCCC. The van der Waals surface area contributed by atoms with Gasteiger partial charge in [0.2, 0.25) is 0 Å². The normalized spacial score (nSPS) is 14.5. The first kappa shape index (κ1) is 92.0. The summed E-state index contributed by atoms with van der Waals surface area (Å²) in [4.78, 5) is 72.6. The maximum absolute atomic E-state index is 13.1. The summed E-state index contributed by atoms with van der Waals surface area (Å²) in [5, 5.41) is 10.6. The first-order valence-electron chi connectivity index (χ1n) is 37.5. The van der Waals surface area contributed by atoms with Crippen LogP contribution in [-0.4, -0.2) is 96.7 Å². The third-order valence-corrected chi connectivity index (χ3v) is 17.4. The summed E-state index contributed by atoms with van der Waals surface area (Å²) in [7, 11) is -9.96. The standard InChI is InChI=1S/C77H134O17P2/c1-5-9-13-17-21-25-29-31-33-34-35-36-38-39-43-46-50-54-58-62-75(80)88-68-73(94-77(82)64-60-56-52-48-44-40-37-32-30-26-22-18-14-10-6-2)70-92-96(85,86)90-66-71(78)65-89-95(83,84)91-69-72(93-76(81)63-59-55-51-47-42-28-24-20-16-12-8-4)67-87-74(79)61-57-53-49-45-41-27-23-19-15-11-7-3/h9,13,19-21,23-25,31,33,35-36,39,43,50,54,71-73,78H,5-8,10-12,14-18,22,26-30,32,34,37-38,40-42,44-49,51-53,55-70H2,1-4H3,(H,83,84)(H,85,86)/b13-9-,23-19-,24-20-,25-21-,33-31-,36-35-,43-39-,54-50-. The van der Waals surface area contributed by atoms with Crippen molar-refractivity contribution in [2.45, 2.75) is 329 Å². The lowest BCUT2D eigenvalue weighted by Crippen LogP contribution is -2.30. The second kappa shape index (κ2) is 69.5. The van der Waals surface area contributed by atoms with Crippen molar-refractivity contribution in [3.05, 3.63) is 97.2 Å². The van der Waals surface area contributed by atoms with Gasteiger partial charge in [-0.05, 0) is 103 Å². The highest BCUT2D eigenvalue weighted by molar-refractivity contribution is 7.47. The fourth-order valence-corrected chi connectivity index (χ4v) is 11.4. The van der Waals surface area contributed by atoms with Crippen molar-refractivity contribution in [2.75, 3.05) is 39.6 Å². The van der Waals surface area contributed by atoms with Gasteiger partial charge in [-0.1, -0.05) is 279 Å². The number of esters is 4. The largest absolute Gasteiger partial charge is 0.472 e. The number of allylic oxidation sites excluding steroid dienone is 16. The Morgan fingerprint density at radius 2 is 0.573 bits per heavy atom. The molecule has 0 aromatic rings. The van der Waals surface area contributed by atoms with E-state index < -0.39 is 97.5 Å². The monoisotopic (exact) mass is 1390 g/mol. The van der Waals surface area contributed by atoms with Crippen LogP contribution >= 0.6 is 15.6 Å². The lowest BCUT2D eigenvalue weighted by Gasteiger charge is -2.21. The van der Waals surface area contributed by atoms with Crippen LogP contribution in [0.15, 0.2) is 97.2 Å². The molecule has 5 atom stereocenters. The fourth-order valence-electron chi connectivity index (χ4n) is 9.80. The van der Waals surface area contributed by atoms with Crippen molar-refractivity contribution in [1.29, 1.82) is 0 Å². The molecular formula is C77H134O17P2. The minimum absolute atomic E-state index is 0.0378. The van der Waals surface area contributed by atoms with Crippen LogP contribution in [0, 0.1) is 0 Å². The Bertz CT molecular complexity index is 2200. The predicted octanol–water partition coefficient (Wildman–Crippen LogP) is 21.2. The van der Waals surface area contributed by atoms with Gasteiger partial charge in [0.25, 0.3) is 0 Å². The number of carbonyl (C=O) groups excluding carboxylic acids is 4. The zero-order valence-corrected chi connectivity index (χ0v) is 62.1. The molecule has 19 heteroatoms. The molecular weight excluding hydrogens is 1260 g/mol. The Kier molecular flexibility index (Phi) is 66.6. The molecule has 0 rings (SSSR count). The molecule has 0 bridgehead atoms. The summed E-state index contributed by atoms with van der Waals surface area (Å²) < 4.78 is 68.2. The lowest BCUT2D eigenvalue weighted by atomic mass is 10.0.